The molecule has 142 valence electrons. The van der Waals surface area contributed by atoms with Gasteiger partial charge in [-0.1, -0.05) is 19.4 Å². The second-order valence-electron chi connectivity index (χ2n) is 5.96. The number of hydrogen-bond acceptors (Lipinski definition) is 5. The largest absolute Gasteiger partial charge is 0.477 e. The molecule has 0 saturated carbocycles. The maximum absolute atomic E-state index is 5.79. The minimum Gasteiger partial charge on any atom is -0.477 e. The van der Waals surface area contributed by atoms with E-state index < -0.39 is 0 Å². The summed E-state index contributed by atoms with van der Waals surface area (Å²) < 4.78 is 5.79. The zero-order chi connectivity index (χ0) is 18.8. The molecule has 2 aromatic rings. The van der Waals surface area contributed by atoms with E-state index in [9.17, 15) is 0 Å². The van der Waals surface area contributed by atoms with Crippen LogP contribution >= 0.6 is 11.3 Å². The van der Waals surface area contributed by atoms with Crippen molar-refractivity contribution in [2.45, 2.75) is 53.6 Å². The lowest BCUT2D eigenvalue weighted by Crippen LogP contribution is -2.36. The number of nitrogens with one attached hydrogen (secondary N) is 2. The van der Waals surface area contributed by atoms with Gasteiger partial charge < -0.3 is 15.4 Å². The van der Waals surface area contributed by atoms with Crippen molar-refractivity contribution in [3.8, 4) is 5.88 Å². The fourth-order valence-corrected chi connectivity index (χ4v) is 3.27. The number of rotatable bonds is 9. The first-order valence-corrected chi connectivity index (χ1v) is 9.97. The van der Waals surface area contributed by atoms with Crippen molar-refractivity contribution in [2.75, 3.05) is 13.2 Å². The van der Waals surface area contributed by atoms with E-state index in [0.29, 0.717) is 19.0 Å². The van der Waals surface area contributed by atoms with Gasteiger partial charge in [-0.15, -0.1) is 11.3 Å². The Hall–Kier alpha value is -2.15. The molecule has 2 heterocycles. The molecule has 0 aliphatic heterocycles. The highest BCUT2D eigenvalue weighted by atomic mass is 32.1. The van der Waals surface area contributed by atoms with E-state index in [1.807, 2.05) is 26.0 Å². The fraction of sp³-hybridized carbons (Fsp3) is 0.526. The van der Waals surface area contributed by atoms with Crippen LogP contribution in [0.4, 0.5) is 0 Å². The van der Waals surface area contributed by atoms with Gasteiger partial charge in [-0.05, 0) is 33.3 Å². The van der Waals surface area contributed by atoms with Crippen LogP contribution in [0.1, 0.15) is 47.8 Å². The third kappa shape index (κ3) is 6.29. The highest BCUT2D eigenvalue weighted by Crippen LogP contribution is 2.17. The van der Waals surface area contributed by atoms with Crippen LogP contribution in [0.5, 0.6) is 5.88 Å². The fourth-order valence-electron chi connectivity index (χ4n) is 2.40. The van der Waals surface area contributed by atoms with Crippen LogP contribution in [-0.4, -0.2) is 29.1 Å². The molecule has 0 spiro atoms. The van der Waals surface area contributed by atoms with Crippen LogP contribution in [0.3, 0.4) is 0 Å². The SMILES string of the molecule is CCCCOc1ncccc1CN=C(NCC)NCc1sc(C)nc1C. The van der Waals surface area contributed by atoms with Gasteiger partial charge in [-0.3, -0.25) is 0 Å². The Balaban J connectivity index is 2.01. The number of ether oxygens (including phenoxy) is 1. The molecule has 0 aromatic carbocycles. The van der Waals surface area contributed by atoms with E-state index in [0.717, 1.165) is 48.2 Å². The lowest BCUT2D eigenvalue weighted by Gasteiger charge is -2.12. The van der Waals surface area contributed by atoms with Crippen LogP contribution in [0.2, 0.25) is 0 Å². The molecule has 2 N–H and O–H groups in total. The van der Waals surface area contributed by atoms with Gasteiger partial charge in [0, 0.05) is 23.2 Å². The Morgan fingerprint density at radius 1 is 1.27 bits per heavy atom. The first-order valence-electron chi connectivity index (χ1n) is 9.15. The summed E-state index contributed by atoms with van der Waals surface area (Å²) in [5.41, 5.74) is 2.07. The summed E-state index contributed by atoms with van der Waals surface area (Å²) in [5.74, 6) is 1.45. The molecule has 0 aliphatic rings. The van der Waals surface area contributed by atoms with E-state index in [-0.39, 0.29) is 0 Å². The van der Waals surface area contributed by atoms with E-state index in [1.54, 1.807) is 17.5 Å². The predicted molar refractivity (Wildman–Crippen MR) is 108 cm³/mol. The lowest BCUT2D eigenvalue weighted by molar-refractivity contribution is 0.294. The minimum absolute atomic E-state index is 0.519. The van der Waals surface area contributed by atoms with E-state index >= 15 is 0 Å². The summed E-state index contributed by atoms with van der Waals surface area (Å²) in [6.07, 6.45) is 3.88. The number of hydrogen-bond donors (Lipinski definition) is 2. The van der Waals surface area contributed by atoms with Gasteiger partial charge in [-0.25, -0.2) is 15.0 Å². The summed E-state index contributed by atoms with van der Waals surface area (Å²) in [6.45, 7) is 11.0. The Bertz CT molecular complexity index is 714. The average molecular weight is 376 g/mol. The van der Waals surface area contributed by atoms with Crippen LogP contribution in [0.25, 0.3) is 0 Å². The van der Waals surface area contributed by atoms with Crippen LogP contribution in [0, 0.1) is 13.8 Å². The van der Waals surface area contributed by atoms with Gasteiger partial charge in [0.25, 0.3) is 0 Å². The van der Waals surface area contributed by atoms with Gasteiger partial charge >= 0.3 is 0 Å². The standard InChI is InChI=1S/C19H29N5OS/c1-5-7-11-25-18-16(9-8-10-21-18)12-22-19(20-6-2)23-13-17-14(3)24-15(4)26-17/h8-10H,5-7,11-13H2,1-4H3,(H2,20,22,23). The van der Waals surface area contributed by atoms with E-state index in [4.69, 9.17) is 4.74 Å². The summed E-state index contributed by atoms with van der Waals surface area (Å²) in [7, 11) is 0. The van der Waals surface area contributed by atoms with Crippen molar-refractivity contribution in [1.29, 1.82) is 0 Å². The molecule has 0 fully saturated rings. The van der Waals surface area contributed by atoms with Crippen molar-refractivity contribution < 1.29 is 4.74 Å². The van der Waals surface area contributed by atoms with Gasteiger partial charge in [0.1, 0.15) is 0 Å². The maximum Gasteiger partial charge on any atom is 0.218 e. The van der Waals surface area contributed by atoms with Gasteiger partial charge in [0.15, 0.2) is 5.96 Å². The number of pyridine rings is 1. The summed E-state index contributed by atoms with van der Waals surface area (Å²) in [6, 6.07) is 3.93. The second-order valence-corrected chi connectivity index (χ2v) is 7.25. The average Bonchev–Trinajstić information content (AvgIpc) is 2.96. The van der Waals surface area contributed by atoms with Crippen molar-refractivity contribution in [1.82, 2.24) is 20.6 Å². The molecule has 0 radical (unpaired) electrons. The Kier molecular flexibility index (Phi) is 8.34. The molecule has 0 unspecified atom stereocenters. The summed E-state index contributed by atoms with van der Waals surface area (Å²) in [5, 5.41) is 7.75. The van der Waals surface area contributed by atoms with Crippen LogP contribution in [0.15, 0.2) is 23.3 Å². The van der Waals surface area contributed by atoms with Crippen LogP contribution in [-0.2, 0) is 13.1 Å². The number of aryl methyl sites for hydroxylation is 2. The molecule has 0 aliphatic carbocycles. The monoisotopic (exact) mass is 375 g/mol. The number of guanidine groups is 1. The number of aromatic nitrogens is 2. The molecule has 7 heteroatoms. The normalized spacial score (nSPS) is 11.5. The van der Waals surface area contributed by atoms with E-state index in [1.165, 1.54) is 4.88 Å². The molecule has 0 amide bonds. The zero-order valence-corrected chi connectivity index (χ0v) is 16.9. The second kappa shape index (κ2) is 10.8. The first kappa shape index (κ1) is 20.2. The number of thiazole rings is 1. The summed E-state index contributed by atoms with van der Waals surface area (Å²) >= 11 is 1.72. The molecular formula is C19H29N5OS. The van der Waals surface area contributed by atoms with Gasteiger partial charge in [0.2, 0.25) is 5.88 Å². The number of aliphatic imine (C=N–C) groups is 1. The van der Waals surface area contributed by atoms with Crippen molar-refractivity contribution in [3.05, 3.63) is 39.5 Å². The van der Waals surface area contributed by atoms with Crippen molar-refractivity contribution in [3.63, 3.8) is 0 Å². The first-order chi connectivity index (χ1) is 12.6. The molecule has 0 saturated heterocycles. The highest BCUT2D eigenvalue weighted by molar-refractivity contribution is 7.11. The zero-order valence-electron chi connectivity index (χ0n) is 16.1. The molecule has 6 nitrogen and oxygen atoms in total. The predicted octanol–water partition coefficient (Wildman–Crippen LogP) is 3.59. The van der Waals surface area contributed by atoms with Crippen molar-refractivity contribution >= 4 is 17.3 Å². The molecule has 2 rings (SSSR count). The molecule has 0 atom stereocenters. The minimum atomic E-state index is 0.519. The quantitative estimate of drug-likeness (QED) is 0.398. The van der Waals surface area contributed by atoms with Gasteiger partial charge in [-0.2, -0.15) is 0 Å². The molecule has 2 aromatic heterocycles. The van der Waals surface area contributed by atoms with Gasteiger partial charge in [0.05, 0.1) is 30.4 Å². The van der Waals surface area contributed by atoms with E-state index in [2.05, 4.69) is 39.4 Å². The highest BCUT2D eigenvalue weighted by Gasteiger charge is 2.07. The third-order valence-corrected chi connectivity index (χ3v) is 4.83. The topological polar surface area (TPSA) is 71.4 Å². The Morgan fingerprint density at radius 3 is 2.81 bits per heavy atom. The van der Waals surface area contributed by atoms with Crippen LogP contribution < -0.4 is 15.4 Å². The van der Waals surface area contributed by atoms with Crippen molar-refractivity contribution in [2.24, 2.45) is 4.99 Å². The molecule has 0 bridgehead atoms. The third-order valence-electron chi connectivity index (χ3n) is 3.75. The summed E-state index contributed by atoms with van der Waals surface area (Å²) in [4.78, 5) is 14.7. The number of unbranched alkanes of at least 4 members (excludes halogenated alkanes) is 1. The number of nitrogens with zero attached hydrogens (tertiary/aromatic N) is 3. The Morgan fingerprint density at radius 2 is 2.12 bits per heavy atom. The molecular weight excluding hydrogens is 346 g/mol. The Labute approximate surface area is 160 Å². The molecule has 26 heavy (non-hydrogen) atoms. The lowest BCUT2D eigenvalue weighted by atomic mass is 10.2. The smallest absolute Gasteiger partial charge is 0.218 e. The maximum atomic E-state index is 5.79.